The van der Waals surface area contributed by atoms with Crippen LogP contribution < -0.4 is 9.80 Å². The topological polar surface area (TPSA) is 22.3 Å². The maximum Gasteiger partial charge on any atom is 0.0493 e. The summed E-state index contributed by atoms with van der Waals surface area (Å²) in [5, 5.41) is 1.29. The Labute approximate surface area is 173 Å². The summed E-state index contributed by atoms with van der Waals surface area (Å²) in [5.74, 6) is 0.162. The highest BCUT2D eigenvalue weighted by Crippen LogP contribution is 2.37. The van der Waals surface area contributed by atoms with E-state index in [1.165, 1.54) is 44.7 Å². The second kappa shape index (κ2) is 7.67. The average Bonchev–Trinajstić information content (AvgIpc) is 3.05. The maximum absolute atomic E-state index is 3.71. The van der Waals surface area contributed by atoms with Crippen LogP contribution >= 0.6 is 0 Å². The summed E-state index contributed by atoms with van der Waals surface area (Å²) < 4.78 is 0. The van der Waals surface area contributed by atoms with E-state index in [1.54, 1.807) is 0 Å². The number of rotatable bonds is 5. The Kier molecular flexibility index (Phi) is 5.06. The molecule has 0 aliphatic carbocycles. The molecule has 3 heteroatoms. The van der Waals surface area contributed by atoms with Gasteiger partial charge in [-0.05, 0) is 53.9 Å². The highest BCUT2D eigenvalue weighted by Gasteiger charge is 2.22. The number of hydrogen-bond donors (Lipinski definition) is 1. The Morgan fingerprint density at radius 3 is 1.59 bits per heavy atom. The van der Waals surface area contributed by atoms with Gasteiger partial charge in [-0.1, -0.05) is 42.5 Å². The molecule has 0 amide bonds. The van der Waals surface area contributed by atoms with E-state index in [0.717, 1.165) is 0 Å². The Hall–Kier alpha value is -3.20. The van der Waals surface area contributed by atoms with Crippen LogP contribution in [-0.4, -0.2) is 33.2 Å². The van der Waals surface area contributed by atoms with E-state index in [2.05, 4.69) is 123 Å². The van der Waals surface area contributed by atoms with Gasteiger partial charge in [0.15, 0.2) is 0 Å². The molecule has 1 N–H and O–H groups in total. The first-order valence-electron chi connectivity index (χ1n) is 10.1. The summed E-state index contributed by atoms with van der Waals surface area (Å²) in [5.41, 5.74) is 8.79. The van der Waals surface area contributed by atoms with E-state index < -0.39 is 0 Å². The summed E-state index contributed by atoms with van der Waals surface area (Å²) >= 11 is 0. The van der Waals surface area contributed by atoms with Crippen molar-refractivity contribution in [3.05, 3.63) is 95.2 Å². The van der Waals surface area contributed by atoms with Gasteiger partial charge in [-0.2, -0.15) is 0 Å². The van der Waals surface area contributed by atoms with Gasteiger partial charge in [0, 0.05) is 62.1 Å². The third-order valence-corrected chi connectivity index (χ3v) is 5.78. The van der Waals surface area contributed by atoms with Crippen molar-refractivity contribution in [1.82, 2.24) is 4.98 Å². The number of anilines is 2. The first-order valence-corrected chi connectivity index (χ1v) is 10.1. The molecular formula is C26H29N3. The van der Waals surface area contributed by atoms with Gasteiger partial charge in [-0.25, -0.2) is 0 Å². The zero-order valence-electron chi connectivity index (χ0n) is 17.9. The number of para-hydroxylation sites is 1. The lowest BCUT2D eigenvalue weighted by molar-refractivity contribution is 0.924. The molecular weight excluding hydrogens is 354 g/mol. The van der Waals surface area contributed by atoms with Crippen molar-refractivity contribution in [3.8, 4) is 0 Å². The molecule has 29 heavy (non-hydrogen) atoms. The number of H-pyrrole nitrogens is 1. The fourth-order valence-electron chi connectivity index (χ4n) is 4.05. The Morgan fingerprint density at radius 1 is 0.655 bits per heavy atom. The zero-order valence-corrected chi connectivity index (χ0v) is 17.9. The van der Waals surface area contributed by atoms with Crippen LogP contribution in [0.2, 0.25) is 0 Å². The molecule has 0 spiro atoms. The quantitative estimate of drug-likeness (QED) is 0.471. The molecule has 0 aliphatic heterocycles. The molecule has 1 aromatic heterocycles. The average molecular weight is 384 g/mol. The molecule has 0 atom stereocenters. The fraction of sp³-hybridized carbons (Fsp3) is 0.231. The molecule has 3 nitrogen and oxygen atoms in total. The summed E-state index contributed by atoms with van der Waals surface area (Å²) in [6.45, 7) is 2.23. The van der Waals surface area contributed by atoms with Crippen LogP contribution in [0.1, 0.15) is 28.3 Å². The van der Waals surface area contributed by atoms with Crippen molar-refractivity contribution in [2.24, 2.45) is 0 Å². The Morgan fingerprint density at radius 2 is 1.14 bits per heavy atom. The number of nitrogens with one attached hydrogen (secondary N) is 1. The first kappa shape index (κ1) is 19.1. The number of hydrogen-bond acceptors (Lipinski definition) is 2. The largest absolute Gasteiger partial charge is 0.378 e. The van der Waals surface area contributed by atoms with Crippen LogP contribution in [-0.2, 0) is 0 Å². The van der Waals surface area contributed by atoms with Crippen molar-refractivity contribution >= 4 is 22.3 Å². The monoisotopic (exact) mass is 383 g/mol. The van der Waals surface area contributed by atoms with Crippen LogP contribution in [0, 0.1) is 6.92 Å². The Balaban J connectivity index is 1.87. The minimum Gasteiger partial charge on any atom is -0.378 e. The molecule has 148 valence electrons. The molecule has 0 fully saturated rings. The van der Waals surface area contributed by atoms with Crippen molar-refractivity contribution in [2.75, 3.05) is 38.0 Å². The van der Waals surface area contributed by atoms with Gasteiger partial charge < -0.3 is 14.8 Å². The van der Waals surface area contributed by atoms with E-state index in [0.29, 0.717) is 0 Å². The fourth-order valence-corrected chi connectivity index (χ4v) is 4.05. The lowest BCUT2D eigenvalue weighted by Gasteiger charge is -2.21. The molecule has 0 saturated carbocycles. The SMILES string of the molecule is Cc1c(C(c2ccc(N(C)C)cc2)c2ccc(N(C)C)cc2)[nH]c2ccccc12. The third-order valence-electron chi connectivity index (χ3n) is 5.78. The second-order valence-corrected chi connectivity index (χ2v) is 8.11. The molecule has 0 aliphatic rings. The van der Waals surface area contributed by atoms with E-state index in [4.69, 9.17) is 0 Å². The number of benzene rings is 3. The normalized spacial score (nSPS) is 11.2. The lowest BCUT2D eigenvalue weighted by Crippen LogP contribution is -2.11. The molecule has 0 radical (unpaired) electrons. The third kappa shape index (κ3) is 3.61. The Bertz CT molecular complexity index is 1050. The standard InChI is InChI=1S/C26H29N3/c1-18-23-8-6-7-9-24(23)27-26(18)25(19-10-14-21(15-11-19)28(2)3)20-12-16-22(17-13-20)29(4)5/h6-17,25,27H,1-5H3. The van der Waals surface area contributed by atoms with Crippen LogP contribution in [0.4, 0.5) is 11.4 Å². The predicted molar refractivity (Wildman–Crippen MR) is 126 cm³/mol. The van der Waals surface area contributed by atoms with Gasteiger partial charge >= 0.3 is 0 Å². The zero-order chi connectivity index (χ0) is 20.5. The lowest BCUT2D eigenvalue weighted by atomic mass is 9.86. The van der Waals surface area contributed by atoms with E-state index in [1.807, 2.05) is 0 Å². The molecule has 3 aromatic carbocycles. The van der Waals surface area contributed by atoms with E-state index in [-0.39, 0.29) is 5.92 Å². The molecule has 4 rings (SSSR count). The summed E-state index contributed by atoms with van der Waals surface area (Å²) in [6, 6.07) is 26.4. The van der Waals surface area contributed by atoms with Crippen molar-refractivity contribution < 1.29 is 0 Å². The molecule has 0 bridgehead atoms. The van der Waals surface area contributed by atoms with Crippen LogP contribution in [0.25, 0.3) is 10.9 Å². The highest BCUT2D eigenvalue weighted by molar-refractivity contribution is 5.85. The number of fused-ring (bicyclic) bond motifs is 1. The summed E-state index contributed by atoms with van der Waals surface area (Å²) in [4.78, 5) is 7.99. The predicted octanol–water partition coefficient (Wildman–Crippen LogP) is 5.79. The van der Waals surface area contributed by atoms with Gasteiger partial charge in [0.05, 0.1) is 0 Å². The molecule has 0 saturated heterocycles. The van der Waals surface area contributed by atoms with Gasteiger partial charge in [0.1, 0.15) is 0 Å². The maximum atomic E-state index is 3.71. The number of aromatic amines is 1. The number of aryl methyl sites for hydroxylation is 1. The number of nitrogens with zero attached hydrogens (tertiary/aromatic N) is 2. The summed E-state index contributed by atoms with van der Waals surface area (Å²) in [7, 11) is 8.31. The van der Waals surface area contributed by atoms with Gasteiger partial charge in [-0.15, -0.1) is 0 Å². The van der Waals surface area contributed by atoms with Crippen LogP contribution in [0.15, 0.2) is 72.8 Å². The number of aromatic nitrogens is 1. The first-order chi connectivity index (χ1) is 14.0. The second-order valence-electron chi connectivity index (χ2n) is 8.11. The molecule has 4 aromatic rings. The van der Waals surface area contributed by atoms with Gasteiger partial charge in [0.2, 0.25) is 0 Å². The minimum atomic E-state index is 0.162. The van der Waals surface area contributed by atoms with Crippen LogP contribution in [0.3, 0.4) is 0 Å². The van der Waals surface area contributed by atoms with Crippen molar-refractivity contribution in [3.63, 3.8) is 0 Å². The highest BCUT2D eigenvalue weighted by atomic mass is 15.1. The van der Waals surface area contributed by atoms with E-state index in [9.17, 15) is 0 Å². The summed E-state index contributed by atoms with van der Waals surface area (Å²) in [6.07, 6.45) is 0. The van der Waals surface area contributed by atoms with Gasteiger partial charge in [-0.3, -0.25) is 0 Å². The smallest absolute Gasteiger partial charge is 0.0493 e. The van der Waals surface area contributed by atoms with Crippen molar-refractivity contribution in [2.45, 2.75) is 12.8 Å². The van der Waals surface area contributed by atoms with E-state index >= 15 is 0 Å². The van der Waals surface area contributed by atoms with Crippen molar-refractivity contribution in [1.29, 1.82) is 0 Å². The molecule has 0 unspecified atom stereocenters. The van der Waals surface area contributed by atoms with Gasteiger partial charge in [0.25, 0.3) is 0 Å². The molecule has 1 heterocycles. The van der Waals surface area contributed by atoms with Crippen LogP contribution in [0.5, 0.6) is 0 Å². The minimum absolute atomic E-state index is 0.162.